The van der Waals surface area contributed by atoms with Crippen molar-refractivity contribution in [1.82, 2.24) is 0 Å². The zero-order valence-corrected chi connectivity index (χ0v) is 6.90. The van der Waals surface area contributed by atoms with Crippen molar-refractivity contribution < 1.29 is 14.3 Å². The van der Waals surface area contributed by atoms with E-state index in [4.69, 9.17) is 10.3 Å². The minimum absolute atomic E-state index is 0.0317. The summed E-state index contributed by atoms with van der Waals surface area (Å²) in [5, 5.41) is 0. The number of ketones is 1. The first-order valence-corrected chi connectivity index (χ1v) is 4.15. The van der Waals surface area contributed by atoms with Gasteiger partial charge in [0.25, 0.3) is 0 Å². The predicted octanol–water partition coefficient (Wildman–Crippen LogP) is 0.815. The average molecular weight is 168 g/mol. The molecule has 0 radical (unpaired) electrons. The van der Waals surface area contributed by atoms with Gasteiger partial charge in [-0.15, -0.1) is 0 Å². The first-order chi connectivity index (χ1) is 5.83. The Morgan fingerprint density at radius 2 is 2.50 bits per heavy atom. The van der Waals surface area contributed by atoms with Crippen molar-refractivity contribution in [2.24, 2.45) is 0 Å². The van der Waals surface area contributed by atoms with E-state index in [2.05, 4.69) is 4.79 Å². The number of carbonyl (C=O) groups is 1. The van der Waals surface area contributed by atoms with E-state index >= 15 is 0 Å². The van der Waals surface area contributed by atoms with Gasteiger partial charge in [-0.1, -0.05) is 0 Å². The van der Waals surface area contributed by atoms with E-state index in [1.54, 1.807) is 0 Å². The summed E-state index contributed by atoms with van der Waals surface area (Å²) >= 11 is 0. The molecule has 0 aliphatic carbocycles. The Hall–Kier alpha value is -0.990. The molecule has 1 aliphatic rings. The van der Waals surface area contributed by atoms with Crippen molar-refractivity contribution in [3.8, 4) is 0 Å². The topological polar surface area (TPSA) is 62.7 Å². The summed E-state index contributed by atoms with van der Waals surface area (Å²) in [4.78, 5) is 13.6. The third-order valence-electron chi connectivity index (χ3n) is 1.90. The maximum Gasteiger partial charge on any atom is 0.323 e. The van der Waals surface area contributed by atoms with Crippen LogP contribution in [-0.2, 0) is 9.53 Å². The van der Waals surface area contributed by atoms with Crippen LogP contribution in [0.3, 0.4) is 0 Å². The zero-order valence-electron chi connectivity index (χ0n) is 6.90. The van der Waals surface area contributed by atoms with Gasteiger partial charge in [-0.25, -0.2) is 0 Å². The van der Waals surface area contributed by atoms with Crippen LogP contribution in [0, 0.1) is 0 Å². The van der Waals surface area contributed by atoms with Crippen molar-refractivity contribution >= 4 is 12.0 Å². The van der Waals surface area contributed by atoms with E-state index in [1.165, 1.54) is 0 Å². The fraction of sp³-hybridized carbons (Fsp3) is 0.750. The molecule has 4 heteroatoms. The van der Waals surface area contributed by atoms with Gasteiger partial charge in [0.05, 0.1) is 6.10 Å². The molecule has 0 bridgehead atoms. The third kappa shape index (κ3) is 2.95. The highest BCUT2D eigenvalue weighted by molar-refractivity contribution is 6.25. The van der Waals surface area contributed by atoms with Crippen LogP contribution >= 0.6 is 0 Å². The summed E-state index contributed by atoms with van der Waals surface area (Å²) in [6.45, 7) is 0.744. The third-order valence-corrected chi connectivity index (χ3v) is 1.90. The predicted molar refractivity (Wildman–Crippen MR) is 42.9 cm³/mol. The van der Waals surface area contributed by atoms with Gasteiger partial charge in [0.15, 0.2) is 0 Å². The molecular formula is C8H12N2O2. The highest BCUT2D eigenvalue weighted by Gasteiger charge is 2.17. The molecule has 0 aromatic rings. The SMILES string of the molecule is [N-]=[N+]=CC(=O)CC1CCCCO1. The Morgan fingerprint density at radius 1 is 1.67 bits per heavy atom. The highest BCUT2D eigenvalue weighted by atomic mass is 16.5. The Morgan fingerprint density at radius 3 is 3.08 bits per heavy atom. The summed E-state index contributed by atoms with van der Waals surface area (Å²) in [7, 11) is 0. The molecule has 0 saturated carbocycles. The molecule has 1 saturated heterocycles. The van der Waals surface area contributed by atoms with Crippen LogP contribution < -0.4 is 0 Å². The van der Waals surface area contributed by atoms with E-state index in [-0.39, 0.29) is 11.9 Å². The van der Waals surface area contributed by atoms with Crippen molar-refractivity contribution in [3.05, 3.63) is 5.53 Å². The molecule has 1 rings (SSSR count). The van der Waals surface area contributed by atoms with Crippen molar-refractivity contribution in [3.63, 3.8) is 0 Å². The minimum Gasteiger partial charge on any atom is -0.378 e. The van der Waals surface area contributed by atoms with Gasteiger partial charge in [-0.3, -0.25) is 4.79 Å². The van der Waals surface area contributed by atoms with Crippen LogP contribution in [0.4, 0.5) is 0 Å². The van der Waals surface area contributed by atoms with Gasteiger partial charge < -0.3 is 10.3 Å². The van der Waals surface area contributed by atoms with Crippen LogP contribution in [0.1, 0.15) is 25.7 Å². The molecule has 0 spiro atoms. The number of rotatable bonds is 3. The number of nitrogens with zero attached hydrogens (tertiary/aromatic N) is 2. The Balaban J connectivity index is 2.29. The maximum atomic E-state index is 10.9. The van der Waals surface area contributed by atoms with Crippen LogP contribution in [0.25, 0.3) is 5.53 Å². The fourth-order valence-corrected chi connectivity index (χ4v) is 1.31. The highest BCUT2D eigenvalue weighted by Crippen LogP contribution is 2.15. The first-order valence-electron chi connectivity index (χ1n) is 4.15. The van der Waals surface area contributed by atoms with Crippen molar-refractivity contribution in [1.29, 1.82) is 0 Å². The molecule has 0 amide bonds. The number of hydrogen-bond acceptors (Lipinski definition) is 2. The van der Waals surface area contributed by atoms with Crippen molar-refractivity contribution in [2.45, 2.75) is 31.8 Å². The number of carbonyl (C=O) groups excluding carboxylic acids is 1. The van der Waals surface area contributed by atoms with Gasteiger partial charge in [0.1, 0.15) is 0 Å². The summed E-state index contributed by atoms with van der Waals surface area (Å²) < 4.78 is 5.33. The summed E-state index contributed by atoms with van der Waals surface area (Å²) in [5.74, 6) is -0.176. The van der Waals surface area contributed by atoms with E-state index < -0.39 is 0 Å². The van der Waals surface area contributed by atoms with Crippen molar-refractivity contribution in [2.75, 3.05) is 6.61 Å². The van der Waals surface area contributed by atoms with Crippen LogP contribution in [0.5, 0.6) is 0 Å². The number of Topliss-reactive ketones (excluding diaryl/α,β-unsaturated/α-hetero) is 1. The molecule has 12 heavy (non-hydrogen) atoms. The second-order valence-electron chi connectivity index (χ2n) is 2.90. The molecular weight excluding hydrogens is 156 g/mol. The van der Waals surface area contributed by atoms with Crippen LogP contribution in [0.2, 0.25) is 0 Å². The lowest BCUT2D eigenvalue weighted by atomic mass is 10.0. The van der Waals surface area contributed by atoms with E-state index in [0.717, 1.165) is 32.1 Å². The van der Waals surface area contributed by atoms with Crippen LogP contribution in [-0.4, -0.2) is 29.5 Å². The van der Waals surface area contributed by atoms with Crippen LogP contribution in [0.15, 0.2) is 0 Å². The average Bonchev–Trinajstić information content (AvgIpc) is 2.06. The van der Waals surface area contributed by atoms with Gasteiger partial charge in [0, 0.05) is 13.0 Å². The molecule has 1 unspecified atom stereocenters. The normalized spacial score (nSPS) is 22.8. The summed E-state index contributed by atoms with van der Waals surface area (Å²) in [5.41, 5.74) is 8.07. The largest absolute Gasteiger partial charge is 0.378 e. The second kappa shape index (κ2) is 4.80. The smallest absolute Gasteiger partial charge is 0.323 e. The summed E-state index contributed by atoms with van der Waals surface area (Å²) in [6, 6.07) is 0. The first kappa shape index (κ1) is 9.10. The number of ether oxygens (including phenoxy) is 1. The quantitative estimate of drug-likeness (QED) is 0.355. The molecule has 1 aliphatic heterocycles. The fourth-order valence-electron chi connectivity index (χ4n) is 1.31. The van der Waals surface area contributed by atoms with E-state index in [1.807, 2.05) is 0 Å². The lowest BCUT2D eigenvalue weighted by Gasteiger charge is -2.20. The van der Waals surface area contributed by atoms with Gasteiger partial charge >= 0.3 is 6.21 Å². The molecule has 1 heterocycles. The Kier molecular flexibility index (Phi) is 3.64. The van der Waals surface area contributed by atoms with E-state index in [9.17, 15) is 4.79 Å². The van der Waals surface area contributed by atoms with Gasteiger partial charge in [-0.05, 0) is 19.3 Å². The maximum absolute atomic E-state index is 10.9. The van der Waals surface area contributed by atoms with Gasteiger partial charge in [-0.2, -0.15) is 4.79 Å². The molecule has 1 atom stereocenters. The standard InChI is InChI=1S/C8H12N2O2/c9-10-6-7(11)5-8-3-1-2-4-12-8/h6,8H,1-5H2. The summed E-state index contributed by atoms with van der Waals surface area (Å²) in [6.07, 6.45) is 4.43. The zero-order chi connectivity index (χ0) is 8.81. The number of hydrogen-bond donors (Lipinski definition) is 0. The molecule has 0 aromatic carbocycles. The molecule has 66 valence electrons. The second-order valence-corrected chi connectivity index (χ2v) is 2.90. The lowest BCUT2D eigenvalue weighted by Crippen LogP contribution is -2.22. The molecule has 1 fully saturated rings. The minimum atomic E-state index is -0.176. The molecule has 0 N–H and O–H groups in total. The van der Waals surface area contributed by atoms with Gasteiger partial charge in [0.2, 0.25) is 5.78 Å². The Labute approximate surface area is 71.1 Å². The van der Waals surface area contributed by atoms with E-state index in [0.29, 0.717) is 6.42 Å². The monoisotopic (exact) mass is 168 g/mol. The molecule has 4 nitrogen and oxygen atoms in total. The Bertz CT molecular complexity index is 203. The molecule has 0 aromatic heterocycles. The lowest BCUT2D eigenvalue weighted by molar-refractivity contribution is -0.119.